The van der Waals surface area contributed by atoms with Gasteiger partial charge in [-0.15, -0.1) is 0 Å². The van der Waals surface area contributed by atoms with Gasteiger partial charge in [0.1, 0.15) is 23.7 Å². The summed E-state index contributed by atoms with van der Waals surface area (Å²) in [5, 5.41) is 17.3. The summed E-state index contributed by atoms with van der Waals surface area (Å²) >= 11 is 0. The predicted molar refractivity (Wildman–Crippen MR) is 138 cm³/mol. The molecule has 0 radical (unpaired) electrons. The van der Waals surface area contributed by atoms with E-state index in [1.165, 1.54) is 25.4 Å². The Balaban J connectivity index is 1.73. The zero-order valence-electron chi connectivity index (χ0n) is 22.0. The fraction of sp³-hybridized carbons (Fsp3) is 0.250. The van der Waals surface area contributed by atoms with Crippen molar-refractivity contribution in [1.82, 2.24) is 20.1 Å². The number of hydrogen-bond donors (Lipinski definition) is 3. The lowest BCUT2D eigenvalue weighted by molar-refractivity contribution is -0.141. The number of amides is 1. The number of aliphatic hydroxyl groups is 1. The standard InChI is InChI=1S/C28H25F6N5O3/c1-42-14-19-12-24(28(32,33)34)38-39(19)13-25(40)37-23(9-15-7-17(29)11-18(30)8-15)26-20(3-2-6-36-26)16-4-5-22(31)21(10-16)27(35)41/h2-8,10-12,23,25,37,40H,9,13-14H2,1H3,(H2,35,41)/t23-,25?/m0/s1. The average molecular weight is 594 g/mol. The van der Waals surface area contributed by atoms with Crippen LogP contribution in [0.5, 0.6) is 0 Å². The van der Waals surface area contributed by atoms with Gasteiger partial charge in [-0.3, -0.25) is 19.8 Å². The number of nitrogens with two attached hydrogens (primary N) is 1. The smallest absolute Gasteiger partial charge is 0.378 e. The summed E-state index contributed by atoms with van der Waals surface area (Å²) in [7, 11) is 1.29. The van der Waals surface area contributed by atoms with Crippen molar-refractivity contribution in [2.45, 2.75) is 38.0 Å². The van der Waals surface area contributed by atoms with Crippen molar-refractivity contribution < 1.29 is 41.0 Å². The van der Waals surface area contributed by atoms with E-state index in [4.69, 9.17) is 10.5 Å². The maximum absolute atomic E-state index is 14.2. The van der Waals surface area contributed by atoms with Gasteiger partial charge in [0.2, 0.25) is 0 Å². The van der Waals surface area contributed by atoms with Crippen molar-refractivity contribution in [2.75, 3.05) is 7.11 Å². The molecule has 222 valence electrons. The summed E-state index contributed by atoms with van der Waals surface area (Å²) in [6, 6.07) is 9.42. The number of aliphatic hydroxyl groups excluding tert-OH is 1. The first-order valence-corrected chi connectivity index (χ1v) is 12.4. The molecule has 8 nitrogen and oxygen atoms in total. The van der Waals surface area contributed by atoms with Crippen molar-refractivity contribution in [3.63, 3.8) is 0 Å². The number of primary amides is 1. The van der Waals surface area contributed by atoms with Crippen molar-refractivity contribution in [2.24, 2.45) is 5.73 Å². The Hall–Kier alpha value is -4.27. The van der Waals surface area contributed by atoms with Gasteiger partial charge in [-0.05, 0) is 53.9 Å². The minimum absolute atomic E-state index is 0.0400. The molecular formula is C28H25F6N5O3. The van der Waals surface area contributed by atoms with Crippen molar-refractivity contribution in [3.8, 4) is 11.1 Å². The number of ether oxygens (including phenoxy) is 1. The number of halogens is 6. The molecule has 0 spiro atoms. The molecule has 4 rings (SSSR count). The Morgan fingerprint density at radius 1 is 1.10 bits per heavy atom. The molecule has 0 saturated heterocycles. The molecule has 1 unspecified atom stereocenters. The van der Waals surface area contributed by atoms with Crippen LogP contribution in [0.3, 0.4) is 0 Å². The maximum Gasteiger partial charge on any atom is 0.435 e. The number of aromatic nitrogens is 3. The second-order valence-electron chi connectivity index (χ2n) is 9.35. The van der Waals surface area contributed by atoms with Crippen molar-refractivity contribution in [1.29, 1.82) is 0 Å². The van der Waals surface area contributed by atoms with Gasteiger partial charge in [-0.25, -0.2) is 13.2 Å². The average Bonchev–Trinajstić information content (AvgIpc) is 3.31. The first-order chi connectivity index (χ1) is 19.8. The Morgan fingerprint density at radius 3 is 2.45 bits per heavy atom. The molecule has 2 aromatic heterocycles. The molecule has 42 heavy (non-hydrogen) atoms. The van der Waals surface area contributed by atoms with Crippen LogP contribution in [0.15, 0.2) is 60.8 Å². The molecule has 2 aromatic carbocycles. The van der Waals surface area contributed by atoms with Gasteiger partial charge in [0.15, 0.2) is 5.69 Å². The van der Waals surface area contributed by atoms with Crippen LogP contribution in [0, 0.1) is 17.5 Å². The van der Waals surface area contributed by atoms with Crippen LogP contribution in [-0.4, -0.2) is 39.1 Å². The van der Waals surface area contributed by atoms with Gasteiger partial charge in [0.25, 0.3) is 5.91 Å². The number of nitrogens with zero attached hydrogens (tertiary/aromatic N) is 3. The predicted octanol–water partition coefficient (Wildman–Crippen LogP) is 4.52. The summed E-state index contributed by atoms with van der Waals surface area (Å²) in [5.74, 6) is -3.56. The Labute approximate surface area is 235 Å². The maximum atomic E-state index is 14.2. The third-order valence-electron chi connectivity index (χ3n) is 6.26. The van der Waals surface area contributed by atoms with E-state index in [1.807, 2.05) is 0 Å². The summed E-state index contributed by atoms with van der Waals surface area (Å²) in [6.45, 7) is -0.688. The number of alkyl halides is 3. The van der Waals surface area contributed by atoms with Crippen LogP contribution in [0.4, 0.5) is 26.3 Å². The van der Waals surface area contributed by atoms with Crippen LogP contribution in [-0.2, 0) is 30.5 Å². The molecule has 1 amide bonds. The summed E-state index contributed by atoms with van der Waals surface area (Å²) in [6.07, 6.45) is -5.02. The molecule has 4 aromatic rings. The van der Waals surface area contributed by atoms with Gasteiger partial charge < -0.3 is 15.6 Å². The van der Waals surface area contributed by atoms with Gasteiger partial charge >= 0.3 is 6.18 Å². The SMILES string of the molecule is COCc1cc(C(F)(F)F)nn1CC(O)N[C@@H](Cc1cc(F)cc(F)c1)c1ncccc1-c1ccc(F)c(C(N)=O)c1. The van der Waals surface area contributed by atoms with E-state index in [0.29, 0.717) is 17.2 Å². The molecule has 0 aliphatic rings. The molecule has 0 aliphatic carbocycles. The quantitative estimate of drug-likeness (QED) is 0.174. The van der Waals surface area contributed by atoms with Crippen LogP contribution in [0.2, 0.25) is 0 Å². The second kappa shape index (κ2) is 12.7. The van der Waals surface area contributed by atoms with Crippen LogP contribution in [0.1, 0.15) is 39.0 Å². The molecule has 14 heteroatoms. The fourth-order valence-corrected chi connectivity index (χ4v) is 4.48. The zero-order chi connectivity index (χ0) is 30.6. The molecule has 0 bridgehead atoms. The minimum atomic E-state index is -4.74. The topological polar surface area (TPSA) is 115 Å². The monoisotopic (exact) mass is 593 g/mol. The van der Waals surface area contributed by atoms with Crippen LogP contribution >= 0.6 is 0 Å². The molecule has 0 aliphatic heterocycles. The number of pyridine rings is 1. The van der Waals surface area contributed by atoms with Crippen LogP contribution in [0.25, 0.3) is 11.1 Å². The number of carbonyl (C=O) groups excluding carboxylic acids is 1. The summed E-state index contributed by atoms with van der Waals surface area (Å²) in [4.78, 5) is 16.1. The first kappa shape index (κ1) is 30.7. The number of methoxy groups -OCH3 is 1. The third-order valence-corrected chi connectivity index (χ3v) is 6.26. The first-order valence-electron chi connectivity index (χ1n) is 12.4. The van der Waals surface area contributed by atoms with Gasteiger partial charge in [0, 0.05) is 24.9 Å². The highest BCUT2D eigenvalue weighted by Gasteiger charge is 2.35. The molecule has 0 saturated carbocycles. The largest absolute Gasteiger partial charge is 0.435 e. The lowest BCUT2D eigenvalue weighted by Crippen LogP contribution is -2.38. The summed E-state index contributed by atoms with van der Waals surface area (Å²) in [5.41, 5.74) is 4.84. The van der Waals surface area contributed by atoms with Crippen LogP contribution < -0.4 is 11.1 Å². The van der Waals surface area contributed by atoms with E-state index < -0.39 is 54.0 Å². The van der Waals surface area contributed by atoms with Crippen molar-refractivity contribution in [3.05, 3.63) is 106 Å². The highest BCUT2D eigenvalue weighted by Crippen LogP contribution is 2.31. The van der Waals surface area contributed by atoms with E-state index in [-0.39, 0.29) is 35.5 Å². The van der Waals surface area contributed by atoms with E-state index >= 15 is 0 Å². The number of carbonyl (C=O) groups is 1. The number of rotatable bonds is 11. The lowest BCUT2D eigenvalue weighted by Gasteiger charge is -2.25. The zero-order valence-corrected chi connectivity index (χ0v) is 22.0. The normalized spacial score (nSPS) is 13.2. The molecule has 4 N–H and O–H groups in total. The van der Waals surface area contributed by atoms with Crippen molar-refractivity contribution >= 4 is 5.91 Å². The van der Waals surface area contributed by atoms with E-state index in [9.17, 15) is 36.2 Å². The van der Waals surface area contributed by atoms with E-state index in [0.717, 1.165) is 28.9 Å². The fourth-order valence-electron chi connectivity index (χ4n) is 4.48. The Kier molecular flexibility index (Phi) is 9.29. The number of hydrogen-bond acceptors (Lipinski definition) is 6. The van der Waals surface area contributed by atoms with Gasteiger partial charge in [-0.1, -0.05) is 12.1 Å². The highest BCUT2D eigenvalue weighted by molar-refractivity contribution is 5.94. The Morgan fingerprint density at radius 2 is 1.81 bits per heavy atom. The second-order valence-corrected chi connectivity index (χ2v) is 9.35. The summed E-state index contributed by atoms with van der Waals surface area (Å²) < 4.78 is 88.0. The Bertz CT molecular complexity index is 1560. The number of nitrogens with one attached hydrogen (secondary N) is 1. The minimum Gasteiger partial charge on any atom is -0.378 e. The molecule has 0 fully saturated rings. The lowest BCUT2D eigenvalue weighted by atomic mass is 9.94. The van der Waals surface area contributed by atoms with E-state index in [1.54, 1.807) is 12.1 Å². The molecule has 2 heterocycles. The third kappa shape index (κ3) is 7.32. The van der Waals surface area contributed by atoms with Gasteiger partial charge in [-0.2, -0.15) is 18.3 Å². The molecular weight excluding hydrogens is 568 g/mol. The van der Waals surface area contributed by atoms with Gasteiger partial charge in [0.05, 0.1) is 36.1 Å². The highest BCUT2D eigenvalue weighted by atomic mass is 19.4. The number of benzene rings is 2. The molecule has 2 atom stereocenters. The van der Waals surface area contributed by atoms with E-state index in [2.05, 4.69) is 15.4 Å².